The lowest BCUT2D eigenvalue weighted by Gasteiger charge is -2.26. The molecule has 1 aromatic carbocycles. The van der Waals surface area contributed by atoms with Crippen LogP contribution in [0.5, 0.6) is 5.75 Å². The first-order valence-electron chi connectivity index (χ1n) is 9.20. The lowest BCUT2D eigenvalue weighted by molar-refractivity contribution is -0.949. The Bertz CT molecular complexity index is 655. The van der Waals surface area contributed by atoms with Gasteiger partial charge >= 0.3 is 0 Å². The van der Waals surface area contributed by atoms with Crippen molar-refractivity contribution < 1.29 is 33.2 Å². The quantitative estimate of drug-likeness (QED) is 0.461. The first-order chi connectivity index (χ1) is 12.6. The summed E-state index contributed by atoms with van der Waals surface area (Å²) in [5, 5.41) is 12.4. The van der Waals surface area contributed by atoms with Crippen LogP contribution in [0.1, 0.15) is 0 Å². The van der Waals surface area contributed by atoms with Crippen LogP contribution in [0.25, 0.3) is 0 Å². The van der Waals surface area contributed by atoms with Gasteiger partial charge in [0.25, 0.3) is 0 Å². The van der Waals surface area contributed by atoms with Crippen molar-refractivity contribution >= 4 is 10.0 Å². The average molecular weight is 388 g/mol. The molecule has 0 aliphatic carbocycles. The van der Waals surface area contributed by atoms with Gasteiger partial charge in [-0.25, -0.2) is 8.42 Å². The van der Waals surface area contributed by atoms with Gasteiger partial charge in [-0.2, -0.15) is 4.31 Å². The molecule has 26 heavy (non-hydrogen) atoms. The second-order valence-electron chi connectivity index (χ2n) is 6.77. The maximum absolute atomic E-state index is 12.6. The van der Waals surface area contributed by atoms with Crippen LogP contribution in [0.2, 0.25) is 0 Å². The number of aliphatic hydroxyl groups is 1. The number of hydrogen-bond acceptors (Lipinski definition) is 5. The standard InChI is InChI=1S/C17H27N3O5S/c21-15(13-19-7-5-18-6-8-19)14-25-16-1-3-17(4-2-16)26(22,23)20-9-11-24-12-10-20/h1-4,15,18,21H,5-14H2/p+2/t15-/m0/s1. The third kappa shape index (κ3) is 5.15. The number of ether oxygens (including phenoxy) is 2. The van der Waals surface area contributed by atoms with E-state index in [2.05, 4.69) is 5.32 Å². The third-order valence-electron chi connectivity index (χ3n) is 4.80. The molecule has 4 N–H and O–H groups in total. The van der Waals surface area contributed by atoms with Crippen LogP contribution in [-0.2, 0) is 14.8 Å². The molecule has 0 aromatic heterocycles. The number of sulfonamides is 1. The first-order valence-corrected chi connectivity index (χ1v) is 10.6. The van der Waals surface area contributed by atoms with Crippen LogP contribution in [0.4, 0.5) is 0 Å². The number of piperazine rings is 1. The van der Waals surface area contributed by atoms with E-state index in [1.54, 1.807) is 24.3 Å². The van der Waals surface area contributed by atoms with Gasteiger partial charge in [-0.05, 0) is 24.3 Å². The van der Waals surface area contributed by atoms with Gasteiger partial charge in [0.2, 0.25) is 10.0 Å². The molecule has 146 valence electrons. The van der Waals surface area contributed by atoms with Crippen molar-refractivity contribution in [1.82, 2.24) is 4.31 Å². The highest BCUT2D eigenvalue weighted by atomic mass is 32.2. The van der Waals surface area contributed by atoms with Crippen molar-refractivity contribution in [3.63, 3.8) is 0 Å². The highest BCUT2D eigenvalue weighted by molar-refractivity contribution is 7.89. The van der Waals surface area contributed by atoms with Gasteiger partial charge in [0.15, 0.2) is 0 Å². The van der Waals surface area contributed by atoms with Gasteiger partial charge in [-0.15, -0.1) is 0 Å². The van der Waals surface area contributed by atoms with Crippen LogP contribution in [-0.4, -0.2) is 89.6 Å². The summed E-state index contributed by atoms with van der Waals surface area (Å²) < 4.78 is 37.4. The number of benzene rings is 1. The Labute approximate surface area is 154 Å². The van der Waals surface area contributed by atoms with Crippen LogP contribution >= 0.6 is 0 Å². The lowest BCUT2D eigenvalue weighted by atomic mass is 10.3. The molecule has 0 unspecified atom stereocenters. The maximum atomic E-state index is 12.6. The molecule has 2 saturated heterocycles. The zero-order chi connectivity index (χ0) is 18.4. The van der Waals surface area contributed by atoms with Crippen molar-refractivity contribution in [3.05, 3.63) is 24.3 Å². The van der Waals surface area contributed by atoms with Gasteiger partial charge in [0.05, 0.1) is 18.1 Å². The first kappa shape index (κ1) is 19.5. The van der Waals surface area contributed by atoms with E-state index in [9.17, 15) is 13.5 Å². The number of quaternary nitrogens is 2. The summed E-state index contributed by atoms with van der Waals surface area (Å²) in [5.74, 6) is 0.562. The predicted molar refractivity (Wildman–Crippen MR) is 94.7 cm³/mol. The second kappa shape index (κ2) is 9.12. The summed E-state index contributed by atoms with van der Waals surface area (Å²) in [5.41, 5.74) is 0. The van der Waals surface area contributed by atoms with E-state index in [-0.39, 0.29) is 11.5 Å². The van der Waals surface area contributed by atoms with E-state index >= 15 is 0 Å². The van der Waals surface area contributed by atoms with E-state index in [1.165, 1.54) is 9.21 Å². The minimum absolute atomic E-state index is 0.211. The second-order valence-corrected chi connectivity index (χ2v) is 8.71. The number of nitrogens with one attached hydrogen (secondary N) is 1. The molecule has 0 amide bonds. The number of nitrogens with zero attached hydrogens (tertiary/aromatic N) is 1. The molecule has 0 bridgehead atoms. The fourth-order valence-corrected chi connectivity index (χ4v) is 4.72. The minimum Gasteiger partial charge on any atom is -0.491 e. The molecule has 9 heteroatoms. The molecule has 2 fully saturated rings. The van der Waals surface area contributed by atoms with E-state index < -0.39 is 16.1 Å². The van der Waals surface area contributed by atoms with Crippen LogP contribution < -0.4 is 15.0 Å². The summed E-state index contributed by atoms with van der Waals surface area (Å²) in [6.45, 7) is 6.82. The molecule has 0 saturated carbocycles. The van der Waals surface area contributed by atoms with Crippen molar-refractivity contribution in [3.8, 4) is 5.75 Å². The van der Waals surface area contributed by atoms with Crippen LogP contribution in [0.3, 0.4) is 0 Å². The number of rotatable bonds is 7. The Hall–Kier alpha value is -1.23. The summed E-state index contributed by atoms with van der Waals surface area (Å²) in [7, 11) is -3.49. The van der Waals surface area contributed by atoms with Crippen LogP contribution in [0.15, 0.2) is 29.2 Å². The summed E-state index contributed by atoms with van der Waals surface area (Å²) in [6, 6.07) is 6.39. The van der Waals surface area contributed by atoms with Crippen molar-refractivity contribution in [2.75, 3.05) is 65.6 Å². The summed E-state index contributed by atoms with van der Waals surface area (Å²) in [6.07, 6.45) is -0.528. The average Bonchev–Trinajstić information content (AvgIpc) is 2.68. The molecular formula is C17H29N3O5S+2. The number of morpholine rings is 1. The van der Waals surface area contributed by atoms with E-state index in [0.29, 0.717) is 38.6 Å². The Morgan fingerprint density at radius 2 is 1.85 bits per heavy atom. The van der Waals surface area contributed by atoms with Gasteiger partial charge in [-0.3, -0.25) is 0 Å². The number of hydrogen-bond donors (Lipinski definition) is 3. The molecular weight excluding hydrogens is 358 g/mol. The van der Waals surface area contributed by atoms with E-state index in [0.717, 1.165) is 26.2 Å². The zero-order valence-corrected chi connectivity index (χ0v) is 15.8. The molecule has 2 aliphatic heterocycles. The highest BCUT2D eigenvalue weighted by Crippen LogP contribution is 2.20. The zero-order valence-electron chi connectivity index (χ0n) is 15.0. The SMILES string of the molecule is O=S(=O)(c1ccc(OC[C@@H](O)C[NH+]2CC[NH2+]CC2)cc1)N1CCOCC1. The predicted octanol–water partition coefficient (Wildman–Crippen LogP) is -3.09. The van der Waals surface area contributed by atoms with Crippen molar-refractivity contribution in [2.24, 2.45) is 0 Å². The minimum atomic E-state index is -3.49. The van der Waals surface area contributed by atoms with Gasteiger partial charge in [-0.1, -0.05) is 0 Å². The fraction of sp³-hybridized carbons (Fsp3) is 0.647. The molecule has 0 spiro atoms. The molecule has 2 aliphatic rings. The van der Waals surface area contributed by atoms with Crippen molar-refractivity contribution in [1.29, 1.82) is 0 Å². The monoisotopic (exact) mass is 387 g/mol. The highest BCUT2D eigenvalue weighted by Gasteiger charge is 2.26. The molecule has 3 rings (SSSR count). The Morgan fingerprint density at radius 1 is 1.19 bits per heavy atom. The third-order valence-corrected chi connectivity index (χ3v) is 6.72. The fourth-order valence-electron chi connectivity index (χ4n) is 3.31. The molecule has 2 heterocycles. The summed E-state index contributed by atoms with van der Waals surface area (Å²) >= 11 is 0. The lowest BCUT2D eigenvalue weighted by Crippen LogP contribution is -3.21. The number of nitrogens with two attached hydrogens (primary N) is 1. The van der Waals surface area contributed by atoms with E-state index in [1.807, 2.05) is 0 Å². The van der Waals surface area contributed by atoms with Gasteiger partial charge in [0.1, 0.15) is 51.2 Å². The molecule has 8 nitrogen and oxygen atoms in total. The van der Waals surface area contributed by atoms with Gasteiger partial charge in [0, 0.05) is 13.1 Å². The number of aliphatic hydroxyl groups excluding tert-OH is 1. The largest absolute Gasteiger partial charge is 0.491 e. The normalized spacial score (nSPS) is 21.4. The topological polar surface area (TPSA) is 97.1 Å². The molecule has 0 radical (unpaired) electrons. The van der Waals surface area contributed by atoms with Gasteiger partial charge < -0.3 is 24.8 Å². The maximum Gasteiger partial charge on any atom is 0.243 e. The Kier molecular flexibility index (Phi) is 6.85. The smallest absolute Gasteiger partial charge is 0.243 e. The van der Waals surface area contributed by atoms with Crippen molar-refractivity contribution in [2.45, 2.75) is 11.0 Å². The van der Waals surface area contributed by atoms with Crippen LogP contribution in [0, 0.1) is 0 Å². The Balaban J connectivity index is 1.50. The molecule has 1 atom stereocenters. The Morgan fingerprint density at radius 3 is 2.50 bits per heavy atom. The van der Waals surface area contributed by atoms with E-state index in [4.69, 9.17) is 9.47 Å². The summed E-state index contributed by atoms with van der Waals surface area (Å²) in [4.78, 5) is 1.65. The molecule has 1 aromatic rings.